The SMILES string of the molecule is OCc1cc(Br)cc(Cl)c1N=Nc1ccc(O)cc1. The number of nitrogens with zero attached hydrogens (tertiary/aromatic N) is 2. The molecule has 2 aromatic carbocycles. The van der Waals surface area contributed by atoms with Crippen molar-refractivity contribution >= 4 is 38.9 Å². The zero-order chi connectivity index (χ0) is 13.8. The van der Waals surface area contributed by atoms with Crippen LogP contribution < -0.4 is 0 Å². The topological polar surface area (TPSA) is 65.2 Å². The van der Waals surface area contributed by atoms with Crippen molar-refractivity contribution in [2.24, 2.45) is 10.2 Å². The third-order valence-electron chi connectivity index (χ3n) is 2.39. The van der Waals surface area contributed by atoms with Gasteiger partial charge in [0.25, 0.3) is 0 Å². The quantitative estimate of drug-likeness (QED) is 0.794. The van der Waals surface area contributed by atoms with E-state index in [2.05, 4.69) is 26.2 Å². The molecule has 0 spiro atoms. The van der Waals surface area contributed by atoms with Gasteiger partial charge in [0, 0.05) is 10.0 Å². The number of halogens is 2. The van der Waals surface area contributed by atoms with Crippen LogP contribution in [0.25, 0.3) is 0 Å². The lowest BCUT2D eigenvalue weighted by atomic mass is 10.2. The minimum Gasteiger partial charge on any atom is -0.508 e. The molecule has 0 aliphatic carbocycles. The molecule has 2 aromatic rings. The highest BCUT2D eigenvalue weighted by atomic mass is 79.9. The lowest BCUT2D eigenvalue weighted by Gasteiger charge is -2.05. The second-order valence-electron chi connectivity index (χ2n) is 3.77. The predicted octanol–water partition coefficient (Wildman–Crippen LogP) is 4.72. The molecule has 4 nitrogen and oxygen atoms in total. The molecule has 98 valence electrons. The summed E-state index contributed by atoms with van der Waals surface area (Å²) in [6.45, 7) is -0.177. The number of benzene rings is 2. The first-order chi connectivity index (χ1) is 9.10. The van der Waals surface area contributed by atoms with Crippen molar-refractivity contribution in [3.05, 3.63) is 51.5 Å². The molecular weight excluding hydrogens is 332 g/mol. The Balaban J connectivity index is 2.35. The maximum Gasteiger partial charge on any atom is 0.115 e. The molecule has 0 amide bonds. The largest absolute Gasteiger partial charge is 0.508 e. The van der Waals surface area contributed by atoms with Gasteiger partial charge in [0.15, 0.2) is 0 Å². The fourth-order valence-corrected chi connectivity index (χ4v) is 2.39. The van der Waals surface area contributed by atoms with Crippen LogP contribution in [0, 0.1) is 0 Å². The third kappa shape index (κ3) is 3.53. The number of hydrogen-bond donors (Lipinski definition) is 2. The van der Waals surface area contributed by atoms with Crippen LogP contribution in [0.1, 0.15) is 5.56 Å². The molecule has 0 atom stereocenters. The normalized spacial score (nSPS) is 11.1. The fraction of sp³-hybridized carbons (Fsp3) is 0.0769. The summed E-state index contributed by atoms with van der Waals surface area (Å²) < 4.78 is 0.769. The van der Waals surface area contributed by atoms with E-state index in [-0.39, 0.29) is 12.4 Å². The van der Waals surface area contributed by atoms with Gasteiger partial charge >= 0.3 is 0 Å². The maximum atomic E-state index is 9.29. The number of phenols is 1. The molecule has 0 aliphatic heterocycles. The van der Waals surface area contributed by atoms with E-state index in [1.165, 1.54) is 12.1 Å². The summed E-state index contributed by atoms with van der Waals surface area (Å²) >= 11 is 9.37. The second-order valence-corrected chi connectivity index (χ2v) is 5.09. The molecule has 0 saturated carbocycles. The minimum atomic E-state index is -0.177. The van der Waals surface area contributed by atoms with Crippen molar-refractivity contribution < 1.29 is 10.2 Å². The molecule has 2 N–H and O–H groups in total. The Morgan fingerprint density at radius 1 is 1.11 bits per heavy atom. The van der Waals surface area contributed by atoms with Crippen molar-refractivity contribution in [1.82, 2.24) is 0 Å². The first kappa shape index (κ1) is 14.0. The molecule has 6 heteroatoms. The second kappa shape index (κ2) is 6.14. The van der Waals surface area contributed by atoms with Gasteiger partial charge in [0.05, 0.1) is 17.3 Å². The van der Waals surface area contributed by atoms with E-state index in [1.807, 2.05) is 0 Å². The Morgan fingerprint density at radius 3 is 2.42 bits per heavy atom. The monoisotopic (exact) mass is 340 g/mol. The summed E-state index contributed by atoms with van der Waals surface area (Å²) in [6.07, 6.45) is 0. The first-order valence-electron chi connectivity index (χ1n) is 5.39. The van der Waals surface area contributed by atoms with Gasteiger partial charge in [0.2, 0.25) is 0 Å². The van der Waals surface area contributed by atoms with Gasteiger partial charge in [-0.25, -0.2) is 0 Å². The Kier molecular flexibility index (Phi) is 4.52. The van der Waals surface area contributed by atoms with Crippen molar-refractivity contribution in [3.8, 4) is 5.75 Å². The van der Waals surface area contributed by atoms with Crippen LogP contribution in [-0.4, -0.2) is 10.2 Å². The number of phenolic OH excluding ortho intramolecular Hbond substituents is 1. The molecule has 19 heavy (non-hydrogen) atoms. The van der Waals surface area contributed by atoms with Gasteiger partial charge in [-0.2, -0.15) is 5.11 Å². The van der Waals surface area contributed by atoms with Crippen molar-refractivity contribution in [1.29, 1.82) is 0 Å². The van der Waals surface area contributed by atoms with E-state index < -0.39 is 0 Å². The highest BCUT2D eigenvalue weighted by Crippen LogP contribution is 2.34. The summed E-state index contributed by atoms with van der Waals surface area (Å²) in [7, 11) is 0. The van der Waals surface area contributed by atoms with E-state index in [1.54, 1.807) is 24.3 Å². The molecule has 0 aromatic heterocycles. The number of aliphatic hydroxyl groups is 1. The van der Waals surface area contributed by atoms with Gasteiger partial charge in [-0.1, -0.05) is 27.5 Å². The number of aromatic hydroxyl groups is 1. The van der Waals surface area contributed by atoms with E-state index in [0.717, 1.165) is 4.47 Å². The van der Waals surface area contributed by atoms with Crippen LogP contribution in [-0.2, 0) is 6.61 Å². The van der Waals surface area contributed by atoms with E-state index >= 15 is 0 Å². The Labute approximate surface area is 123 Å². The van der Waals surface area contributed by atoms with Gasteiger partial charge in [-0.15, -0.1) is 5.11 Å². The van der Waals surface area contributed by atoms with Crippen LogP contribution in [0.5, 0.6) is 5.75 Å². The summed E-state index contributed by atoms with van der Waals surface area (Å²) in [5.41, 5.74) is 1.60. The van der Waals surface area contributed by atoms with Crippen molar-refractivity contribution in [3.63, 3.8) is 0 Å². The van der Waals surface area contributed by atoms with Crippen LogP contribution in [0.3, 0.4) is 0 Å². The number of aliphatic hydroxyl groups excluding tert-OH is 1. The summed E-state index contributed by atoms with van der Waals surface area (Å²) in [4.78, 5) is 0. The van der Waals surface area contributed by atoms with Crippen molar-refractivity contribution in [2.45, 2.75) is 6.61 Å². The van der Waals surface area contributed by atoms with E-state index in [9.17, 15) is 5.11 Å². The third-order valence-corrected chi connectivity index (χ3v) is 3.14. The Bertz CT molecular complexity index is 615. The van der Waals surface area contributed by atoms with Crippen LogP contribution in [0.2, 0.25) is 5.02 Å². The molecular formula is C13H10BrClN2O2. The van der Waals surface area contributed by atoms with Gasteiger partial charge < -0.3 is 10.2 Å². The highest BCUT2D eigenvalue weighted by Gasteiger charge is 2.08. The van der Waals surface area contributed by atoms with Gasteiger partial charge in [-0.05, 0) is 36.4 Å². The average Bonchev–Trinajstić information content (AvgIpc) is 2.39. The standard InChI is InChI=1S/C13H10BrClN2O2/c14-9-5-8(7-18)13(12(15)6-9)17-16-10-1-3-11(19)4-2-10/h1-6,18-19H,7H2. The summed E-state index contributed by atoms with van der Waals surface area (Å²) in [5, 5.41) is 26.9. The molecule has 0 aliphatic rings. The van der Waals surface area contributed by atoms with Gasteiger partial charge in [-0.3, -0.25) is 0 Å². The van der Waals surface area contributed by atoms with Crippen LogP contribution >= 0.6 is 27.5 Å². The minimum absolute atomic E-state index is 0.164. The molecule has 0 heterocycles. The zero-order valence-corrected chi connectivity index (χ0v) is 12.1. The molecule has 0 unspecified atom stereocenters. The first-order valence-corrected chi connectivity index (χ1v) is 6.57. The molecule has 0 saturated heterocycles. The van der Waals surface area contributed by atoms with Crippen LogP contribution in [0.15, 0.2) is 51.1 Å². The molecule has 2 rings (SSSR count). The molecule has 0 bridgehead atoms. The zero-order valence-electron chi connectivity index (χ0n) is 9.72. The smallest absolute Gasteiger partial charge is 0.115 e. The Morgan fingerprint density at radius 2 is 1.79 bits per heavy atom. The number of hydrogen-bond acceptors (Lipinski definition) is 4. The average molecular weight is 342 g/mol. The summed E-state index contributed by atoms with van der Waals surface area (Å²) in [5.74, 6) is 0.164. The highest BCUT2D eigenvalue weighted by molar-refractivity contribution is 9.10. The number of rotatable bonds is 3. The maximum absolute atomic E-state index is 9.29. The molecule has 0 fully saturated rings. The fourth-order valence-electron chi connectivity index (χ4n) is 1.48. The predicted molar refractivity (Wildman–Crippen MR) is 77.4 cm³/mol. The van der Waals surface area contributed by atoms with E-state index in [4.69, 9.17) is 16.7 Å². The lowest BCUT2D eigenvalue weighted by molar-refractivity contribution is 0.282. The Hall–Kier alpha value is -1.43. The number of azo groups is 1. The lowest BCUT2D eigenvalue weighted by Crippen LogP contribution is -1.85. The van der Waals surface area contributed by atoms with Crippen molar-refractivity contribution in [2.75, 3.05) is 0 Å². The van der Waals surface area contributed by atoms with E-state index in [0.29, 0.717) is 22.0 Å². The molecule has 0 radical (unpaired) electrons. The van der Waals surface area contributed by atoms with Gasteiger partial charge in [0.1, 0.15) is 11.4 Å². The van der Waals surface area contributed by atoms with Crippen LogP contribution in [0.4, 0.5) is 11.4 Å². The summed E-state index contributed by atoms with van der Waals surface area (Å²) in [6, 6.07) is 9.71.